The number of fused-ring (bicyclic) bond motifs is 1. The van der Waals surface area contributed by atoms with Crippen LogP contribution >= 0.6 is 0 Å². The maximum Gasteiger partial charge on any atom is 0.368 e. The van der Waals surface area contributed by atoms with Crippen molar-refractivity contribution in [2.24, 2.45) is 7.05 Å². The van der Waals surface area contributed by atoms with E-state index in [-0.39, 0.29) is 47.1 Å². The Morgan fingerprint density at radius 2 is 2.05 bits per heavy atom. The summed E-state index contributed by atoms with van der Waals surface area (Å²) in [7, 11) is 1.42. The summed E-state index contributed by atoms with van der Waals surface area (Å²) in [5.41, 5.74) is -0.610. The number of aliphatic hydroxyl groups is 1. The SMILES string of the molecule is CC(O)COc1cc(F)c(Nc2ncc(F)c(N[C@@H]3C[C@@H]4CCCN4C(C)(C)C3)n2)cc1-n1nnn(C)c1=O. The molecule has 2 aliphatic rings. The van der Waals surface area contributed by atoms with E-state index in [2.05, 4.69) is 49.8 Å². The molecule has 0 radical (unpaired) electrons. The first-order valence-corrected chi connectivity index (χ1v) is 13.0. The number of aromatic nitrogens is 6. The van der Waals surface area contributed by atoms with Crippen molar-refractivity contribution in [2.75, 3.05) is 23.8 Å². The first-order chi connectivity index (χ1) is 18.5. The van der Waals surface area contributed by atoms with Crippen molar-refractivity contribution in [2.45, 2.75) is 70.2 Å². The number of aliphatic hydroxyl groups excluding tert-OH is 1. The average Bonchev–Trinajstić information content (AvgIpc) is 3.48. The van der Waals surface area contributed by atoms with E-state index in [0.717, 1.165) is 53.9 Å². The van der Waals surface area contributed by atoms with Crippen molar-refractivity contribution < 1.29 is 18.6 Å². The molecule has 0 aliphatic carbocycles. The maximum absolute atomic E-state index is 15.1. The van der Waals surface area contributed by atoms with Gasteiger partial charge in [0.05, 0.1) is 18.0 Å². The summed E-state index contributed by atoms with van der Waals surface area (Å²) in [6.07, 6.45) is 4.19. The second-order valence-electron chi connectivity index (χ2n) is 10.9. The average molecular weight is 546 g/mol. The summed E-state index contributed by atoms with van der Waals surface area (Å²) < 4.78 is 37.4. The Kier molecular flexibility index (Phi) is 7.25. The first-order valence-electron chi connectivity index (χ1n) is 13.0. The Balaban J connectivity index is 1.41. The molecule has 39 heavy (non-hydrogen) atoms. The van der Waals surface area contributed by atoms with E-state index in [1.165, 1.54) is 20.0 Å². The quantitative estimate of drug-likeness (QED) is 0.387. The van der Waals surface area contributed by atoms with Gasteiger partial charge in [0.25, 0.3) is 0 Å². The van der Waals surface area contributed by atoms with Crippen LogP contribution in [0.4, 0.5) is 26.2 Å². The van der Waals surface area contributed by atoms with Gasteiger partial charge in [-0.25, -0.2) is 18.6 Å². The van der Waals surface area contributed by atoms with Gasteiger partial charge in [-0.3, -0.25) is 4.90 Å². The number of piperidine rings is 1. The Hall–Kier alpha value is -3.65. The van der Waals surface area contributed by atoms with Crippen LogP contribution in [-0.2, 0) is 7.05 Å². The highest BCUT2D eigenvalue weighted by Gasteiger charge is 2.43. The molecule has 210 valence electrons. The number of rotatable bonds is 8. The lowest BCUT2D eigenvalue weighted by atomic mass is 9.84. The first kappa shape index (κ1) is 26.9. The van der Waals surface area contributed by atoms with Crippen LogP contribution in [-0.4, -0.2) is 76.6 Å². The standard InChI is InChI=1S/C25H33F2N9O3/c1-14(37)13-39-21-9-17(26)19(10-20(21)36-24(38)34(4)32-33-36)30-23-28-12-18(27)22(31-23)29-15-8-16-6-5-7-35(16)25(2,3)11-15/h9-10,12,14-16,37H,5-8,11,13H2,1-4H3,(H2,28,29,30,31)/t14?,15-,16+/m1/s1. The third-order valence-electron chi connectivity index (χ3n) is 7.27. The number of halogens is 2. The Morgan fingerprint density at radius 3 is 2.77 bits per heavy atom. The van der Waals surface area contributed by atoms with Gasteiger partial charge in [0, 0.05) is 30.7 Å². The lowest BCUT2D eigenvalue weighted by Gasteiger charge is -2.47. The van der Waals surface area contributed by atoms with Crippen LogP contribution in [0.1, 0.15) is 46.5 Å². The fraction of sp³-hybridized carbons (Fsp3) is 0.560. The van der Waals surface area contributed by atoms with Gasteiger partial charge in [-0.05, 0) is 69.5 Å². The number of ether oxygens (including phenoxy) is 1. The fourth-order valence-corrected chi connectivity index (χ4v) is 5.56. The summed E-state index contributed by atoms with van der Waals surface area (Å²) in [6, 6.07) is 2.82. The third-order valence-corrected chi connectivity index (χ3v) is 7.27. The smallest absolute Gasteiger partial charge is 0.368 e. The predicted octanol–water partition coefficient (Wildman–Crippen LogP) is 2.35. The minimum atomic E-state index is -0.831. The van der Waals surface area contributed by atoms with Gasteiger partial charge >= 0.3 is 5.69 Å². The molecule has 2 aliphatic heterocycles. The van der Waals surface area contributed by atoms with E-state index >= 15 is 4.39 Å². The molecule has 3 aromatic rings. The number of hydrogen-bond acceptors (Lipinski definition) is 10. The number of hydrogen-bond donors (Lipinski definition) is 3. The molecule has 5 rings (SSSR count). The Labute approximate surface area is 224 Å². The third kappa shape index (κ3) is 5.57. The number of aryl methyl sites for hydroxylation is 1. The van der Waals surface area contributed by atoms with E-state index in [4.69, 9.17) is 4.74 Å². The summed E-state index contributed by atoms with van der Waals surface area (Å²) in [4.78, 5) is 23.3. The molecule has 0 saturated carbocycles. The van der Waals surface area contributed by atoms with Gasteiger partial charge in [0.15, 0.2) is 17.5 Å². The minimum Gasteiger partial charge on any atom is -0.489 e. The molecule has 4 heterocycles. The maximum atomic E-state index is 15.1. The number of nitrogens with one attached hydrogen (secondary N) is 2. The van der Waals surface area contributed by atoms with Gasteiger partial charge in [-0.15, -0.1) is 0 Å². The monoisotopic (exact) mass is 545 g/mol. The fourth-order valence-electron chi connectivity index (χ4n) is 5.56. The second kappa shape index (κ2) is 10.5. The normalized spacial score (nSPS) is 21.4. The molecule has 0 bridgehead atoms. The molecular weight excluding hydrogens is 512 g/mol. The second-order valence-corrected chi connectivity index (χ2v) is 10.9. The van der Waals surface area contributed by atoms with E-state index in [1.54, 1.807) is 0 Å². The zero-order chi connectivity index (χ0) is 27.9. The highest BCUT2D eigenvalue weighted by Crippen LogP contribution is 2.38. The van der Waals surface area contributed by atoms with Gasteiger partial charge in [0.2, 0.25) is 5.95 Å². The van der Waals surface area contributed by atoms with Gasteiger partial charge in [-0.2, -0.15) is 14.3 Å². The van der Waals surface area contributed by atoms with Crippen molar-refractivity contribution in [1.82, 2.24) is 34.7 Å². The van der Waals surface area contributed by atoms with Crippen LogP contribution in [0.5, 0.6) is 5.75 Å². The molecule has 0 spiro atoms. The summed E-state index contributed by atoms with van der Waals surface area (Å²) in [5, 5.41) is 23.1. The molecule has 3 atom stereocenters. The lowest BCUT2D eigenvalue weighted by Crippen LogP contribution is -2.55. The van der Waals surface area contributed by atoms with Crippen molar-refractivity contribution >= 4 is 17.5 Å². The van der Waals surface area contributed by atoms with Gasteiger partial charge in [0.1, 0.15) is 18.0 Å². The topological polar surface area (TPSA) is 135 Å². The molecule has 2 saturated heterocycles. The number of anilines is 3. The molecule has 12 nitrogen and oxygen atoms in total. The molecule has 0 amide bonds. The van der Waals surface area contributed by atoms with Crippen molar-refractivity contribution in [3.63, 3.8) is 0 Å². The highest BCUT2D eigenvalue weighted by atomic mass is 19.1. The zero-order valence-electron chi connectivity index (χ0n) is 22.4. The van der Waals surface area contributed by atoms with Crippen LogP contribution in [0.15, 0.2) is 23.1 Å². The Bertz CT molecular complexity index is 1410. The number of nitrogens with zero attached hydrogens (tertiary/aromatic N) is 7. The summed E-state index contributed by atoms with van der Waals surface area (Å²) in [5.74, 6) is -1.38. The molecule has 1 aromatic carbocycles. The number of tetrazole rings is 1. The van der Waals surface area contributed by atoms with Gasteiger partial charge in [-0.1, -0.05) is 0 Å². The van der Waals surface area contributed by atoms with Crippen LogP contribution in [0.2, 0.25) is 0 Å². The molecule has 2 aromatic heterocycles. The number of benzene rings is 1. The summed E-state index contributed by atoms with van der Waals surface area (Å²) >= 11 is 0. The van der Waals surface area contributed by atoms with Gasteiger partial charge < -0.3 is 20.5 Å². The Morgan fingerprint density at radius 1 is 1.26 bits per heavy atom. The van der Waals surface area contributed by atoms with Crippen LogP contribution < -0.4 is 21.1 Å². The van der Waals surface area contributed by atoms with Crippen LogP contribution in [0.25, 0.3) is 5.69 Å². The van der Waals surface area contributed by atoms with Crippen molar-refractivity contribution in [3.05, 3.63) is 40.4 Å². The molecule has 14 heteroatoms. The van der Waals surface area contributed by atoms with E-state index in [9.17, 15) is 14.3 Å². The minimum absolute atomic E-state index is 0.0166. The largest absolute Gasteiger partial charge is 0.489 e. The van der Waals surface area contributed by atoms with Crippen molar-refractivity contribution in [1.29, 1.82) is 0 Å². The summed E-state index contributed by atoms with van der Waals surface area (Å²) in [6.45, 7) is 6.87. The molecule has 2 fully saturated rings. The predicted molar refractivity (Wildman–Crippen MR) is 139 cm³/mol. The molecule has 1 unspecified atom stereocenters. The molecule has 3 N–H and O–H groups in total. The van der Waals surface area contributed by atoms with E-state index < -0.39 is 23.4 Å². The van der Waals surface area contributed by atoms with Crippen LogP contribution in [0, 0.1) is 11.6 Å². The van der Waals surface area contributed by atoms with E-state index in [0.29, 0.717) is 6.04 Å². The zero-order valence-corrected chi connectivity index (χ0v) is 22.4. The van der Waals surface area contributed by atoms with Crippen LogP contribution in [0.3, 0.4) is 0 Å². The highest BCUT2D eigenvalue weighted by molar-refractivity contribution is 5.63. The lowest BCUT2D eigenvalue weighted by molar-refractivity contribution is 0.0500. The molecular formula is C25H33F2N9O3. The van der Waals surface area contributed by atoms with Crippen molar-refractivity contribution in [3.8, 4) is 11.4 Å². The van der Waals surface area contributed by atoms with E-state index in [1.807, 2.05) is 0 Å².